The predicted molar refractivity (Wildman–Crippen MR) is 159 cm³/mol. The van der Waals surface area contributed by atoms with E-state index in [-0.39, 0.29) is 0 Å². The fraction of sp³-hybridized carbons (Fsp3) is 0.0556. The van der Waals surface area contributed by atoms with Crippen LogP contribution in [0, 0.1) is 13.8 Å². The molecule has 0 fully saturated rings. The minimum atomic E-state index is 1.14. The number of aryl methyl sites for hydroxylation is 2. The summed E-state index contributed by atoms with van der Waals surface area (Å²) in [6.07, 6.45) is 0. The maximum atomic E-state index is 2.32. The van der Waals surface area contributed by atoms with Gasteiger partial charge in [0.1, 0.15) is 0 Å². The molecule has 1 heteroatoms. The average molecular weight is 476 g/mol. The van der Waals surface area contributed by atoms with Crippen molar-refractivity contribution in [1.82, 2.24) is 0 Å². The summed E-state index contributed by atoms with van der Waals surface area (Å²) in [7, 11) is 0. The van der Waals surface area contributed by atoms with Gasteiger partial charge in [0.15, 0.2) is 0 Å². The van der Waals surface area contributed by atoms with Crippen LogP contribution in [-0.4, -0.2) is 0 Å². The molecule has 0 aliphatic rings. The number of hydrogen-bond acceptors (Lipinski definition) is 1. The average Bonchev–Trinajstić information content (AvgIpc) is 2.96. The highest BCUT2D eigenvalue weighted by Gasteiger charge is 2.14. The molecule has 0 aliphatic carbocycles. The van der Waals surface area contributed by atoms with Gasteiger partial charge in [0.05, 0.1) is 0 Å². The number of rotatable bonds is 5. The Morgan fingerprint density at radius 2 is 0.865 bits per heavy atom. The van der Waals surface area contributed by atoms with Gasteiger partial charge >= 0.3 is 0 Å². The first kappa shape index (κ1) is 22.8. The molecule has 0 bridgehead atoms. The number of hydrogen-bond donors (Lipinski definition) is 0. The second-order valence-electron chi connectivity index (χ2n) is 9.61. The summed E-state index contributed by atoms with van der Waals surface area (Å²) in [5.41, 5.74) is 10.9. The smallest absolute Gasteiger partial charge is 0.0462 e. The Labute approximate surface area is 219 Å². The first-order chi connectivity index (χ1) is 18.2. The molecule has 0 spiro atoms. The van der Waals surface area contributed by atoms with E-state index in [0.717, 1.165) is 17.1 Å². The van der Waals surface area contributed by atoms with Crippen LogP contribution in [0.3, 0.4) is 0 Å². The Bertz CT molecular complexity index is 1650. The Morgan fingerprint density at radius 1 is 0.378 bits per heavy atom. The fourth-order valence-corrected chi connectivity index (χ4v) is 5.07. The van der Waals surface area contributed by atoms with E-state index in [0.29, 0.717) is 0 Å². The molecule has 0 heterocycles. The minimum absolute atomic E-state index is 1.14. The zero-order valence-electron chi connectivity index (χ0n) is 21.2. The molecule has 0 amide bonds. The normalized spacial score (nSPS) is 11.0. The Morgan fingerprint density at radius 3 is 1.49 bits per heavy atom. The second-order valence-corrected chi connectivity index (χ2v) is 9.61. The van der Waals surface area contributed by atoms with Crippen LogP contribution in [0.2, 0.25) is 0 Å². The second kappa shape index (κ2) is 9.79. The third-order valence-electron chi connectivity index (χ3n) is 7.10. The third kappa shape index (κ3) is 4.52. The van der Waals surface area contributed by atoms with Gasteiger partial charge in [0.2, 0.25) is 0 Å². The summed E-state index contributed by atoms with van der Waals surface area (Å²) in [6, 6.07) is 50.2. The summed E-state index contributed by atoms with van der Waals surface area (Å²) in [6.45, 7) is 4.31. The first-order valence-electron chi connectivity index (χ1n) is 12.8. The monoisotopic (exact) mass is 475 g/mol. The highest BCUT2D eigenvalue weighted by molar-refractivity contribution is 5.98. The van der Waals surface area contributed by atoms with Gasteiger partial charge in [-0.3, -0.25) is 0 Å². The Balaban J connectivity index is 1.41. The molecule has 37 heavy (non-hydrogen) atoms. The molecule has 0 saturated carbocycles. The quantitative estimate of drug-likeness (QED) is 0.240. The van der Waals surface area contributed by atoms with Crippen molar-refractivity contribution < 1.29 is 0 Å². The standard InChI is InChI=1S/C36H29N/c1-26-12-19-31(20-13-26)37(32-21-15-29(16-22-32)28-8-4-3-5-9-28)33-23-17-30(18-24-33)35-25-14-27(2)34-10-6-7-11-36(34)35/h3-25H,1-2H3. The van der Waals surface area contributed by atoms with Crippen molar-refractivity contribution >= 4 is 27.8 Å². The van der Waals surface area contributed by atoms with Crippen LogP contribution < -0.4 is 4.90 Å². The summed E-state index contributed by atoms with van der Waals surface area (Å²) in [5.74, 6) is 0. The lowest BCUT2D eigenvalue weighted by molar-refractivity contribution is 1.28. The predicted octanol–water partition coefficient (Wildman–Crippen LogP) is 10.3. The lowest BCUT2D eigenvalue weighted by atomic mass is 9.95. The zero-order valence-corrected chi connectivity index (χ0v) is 21.2. The Hall–Kier alpha value is -4.62. The maximum absolute atomic E-state index is 2.32. The largest absolute Gasteiger partial charge is 0.311 e. The van der Waals surface area contributed by atoms with E-state index in [1.807, 2.05) is 0 Å². The first-order valence-corrected chi connectivity index (χ1v) is 12.8. The molecule has 178 valence electrons. The van der Waals surface area contributed by atoms with Gasteiger partial charge in [-0.25, -0.2) is 0 Å². The van der Waals surface area contributed by atoms with Crippen molar-refractivity contribution in [2.45, 2.75) is 13.8 Å². The number of benzene rings is 6. The van der Waals surface area contributed by atoms with E-state index < -0.39 is 0 Å². The zero-order chi connectivity index (χ0) is 25.2. The van der Waals surface area contributed by atoms with Crippen molar-refractivity contribution in [2.24, 2.45) is 0 Å². The van der Waals surface area contributed by atoms with Crippen molar-refractivity contribution in [3.05, 3.63) is 151 Å². The summed E-state index contributed by atoms with van der Waals surface area (Å²) in [5, 5.41) is 2.60. The third-order valence-corrected chi connectivity index (χ3v) is 7.10. The van der Waals surface area contributed by atoms with Crippen LogP contribution in [0.5, 0.6) is 0 Å². The van der Waals surface area contributed by atoms with Gasteiger partial charge in [-0.1, -0.05) is 109 Å². The van der Waals surface area contributed by atoms with Gasteiger partial charge in [-0.15, -0.1) is 0 Å². The molecule has 1 nitrogen and oxygen atoms in total. The van der Waals surface area contributed by atoms with Gasteiger partial charge in [-0.2, -0.15) is 0 Å². The van der Waals surface area contributed by atoms with Crippen LogP contribution in [-0.2, 0) is 0 Å². The maximum Gasteiger partial charge on any atom is 0.0462 e. The molecular formula is C36H29N. The van der Waals surface area contributed by atoms with Crippen LogP contribution >= 0.6 is 0 Å². The molecule has 0 atom stereocenters. The highest BCUT2D eigenvalue weighted by Crippen LogP contribution is 2.38. The van der Waals surface area contributed by atoms with E-state index in [4.69, 9.17) is 0 Å². The van der Waals surface area contributed by atoms with Crippen LogP contribution in [0.1, 0.15) is 11.1 Å². The molecule has 6 aromatic rings. The molecule has 0 aromatic heterocycles. The summed E-state index contributed by atoms with van der Waals surface area (Å²) >= 11 is 0. The highest BCUT2D eigenvalue weighted by atomic mass is 15.1. The molecular weight excluding hydrogens is 446 g/mol. The van der Waals surface area contributed by atoms with Gasteiger partial charge in [0, 0.05) is 17.1 Å². The van der Waals surface area contributed by atoms with Gasteiger partial charge in [-0.05, 0) is 88.8 Å². The van der Waals surface area contributed by atoms with E-state index in [9.17, 15) is 0 Å². The van der Waals surface area contributed by atoms with E-state index in [1.165, 1.54) is 44.2 Å². The lowest BCUT2D eigenvalue weighted by Crippen LogP contribution is -2.09. The molecule has 0 unspecified atom stereocenters. The number of nitrogens with zero attached hydrogens (tertiary/aromatic N) is 1. The SMILES string of the molecule is Cc1ccc(N(c2ccc(-c3ccccc3)cc2)c2ccc(-c3ccc(C)c4ccccc34)cc2)cc1. The molecule has 6 aromatic carbocycles. The lowest BCUT2D eigenvalue weighted by Gasteiger charge is -2.26. The molecule has 6 rings (SSSR count). The van der Waals surface area contributed by atoms with Gasteiger partial charge < -0.3 is 4.90 Å². The number of fused-ring (bicyclic) bond motifs is 1. The number of anilines is 3. The van der Waals surface area contributed by atoms with E-state index >= 15 is 0 Å². The van der Waals surface area contributed by atoms with E-state index in [2.05, 4.69) is 158 Å². The Kier molecular flexibility index (Phi) is 6.04. The molecule has 0 N–H and O–H groups in total. The molecule has 0 aliphatic heterocycles. The topological polar surface area (TPSA) is 3.24 Å². The summed E-state index contributed by atoms with van der Waals surface area (Å²) < 4.78 is 0. The minimum Gasteiger partial charge on any atom is -0.311 e. The van der Waals surface area contributed by atoms with Crippen molar-refractivity contribution in [3.63, 3.8) is 0 Å². The fourth-order valence-electron chi connectivity index (χ4n) is 5.07. The van der Waals surface area contributed by atoms with Crippen molar-refractivity contribution in [1.29, 1.82) is 0 Å². The van der Waals surface area contributed by atoms with Gasteiger partial charge in [0.25, 0.3) is 0 Å². The molecule has 0 radical (unpaired) electrons. The van der Waals surface area contributed by atoms with Crippen LogP contribution in [0.25, 0.3) is 33.0 Å². The van der Waals surface area contributed by atoms with Crippen LogP contribution in [0.15, 0.2) is 140 Å². The van der Waals surface area contributed by atoms with Crippen LogP contribution in [0.4, 0.5) is 17.1 Å². The van der Waals surface area contributed by atoms with Crippen molar-refractivity contribution in [2.75, 3.05) is 4.90 Å². The van der Waals surface area contributed by atoms with Crippen molar-refractivity contribution in [3.8, 4) is 22.3 Å². The van der Waals surface area contributed by atoms with E-state index in [1.54, 1.807) is 0 Å². The summed E-state index contributed by atoms with van der Waals surface area (Å²) in [4.78, 5) is 2.32. The molecule has 0 saturated heterocycles.